The number of hydrogen-bond donors (Lipinski definition) is 1. The van der Waals surface area contributed by atoms with Crippen LogP contribution in [0.1, 0.15) is 39.2 Å². The number of aromatic nitrogens is 1. The molecule has 1 amide bonds. The molecule has 6 heteroatoms. The van der Waals surface area contributed by atoms with Crippen LogP contribution in [0, 0.1) is 5.92 Å². The Hall–Kier alpha value is -1.66. The molecule has 2 rings (SSSR count). The molecule has 0 aliphatic carbocycles. The molecule has 6 nitrogen and oxygen atoms in total. The summed E-state index contributed by atoms with van der Waals surface area (Å²) >= 11 is 0. The first-order chi connectivity index (χ1) is 11.6. The Labute approximate surface area is 143 Å². The van der Waals surface area contributed by atoms with E-state index in [1.54, 1.807) is 6.20 Å². The molecule has 0 bridgehead atoms. The van der Waals surface area contributed by atoms with E-state index in [1.165, 1.54) is 0 Å². The molecule has 1 aromatic heterocycles. The van der Waals surface area contributed by atoms with Crippen LogP contribution in [0.3, 0.4) is 0 Å². The van der Waals surface area contributed by atoms with E-state index >= 15 is 0 Å². The second-order valence-electron chi connectivity index (χ2n) is 6.29. The predicted molar refractivity (Wildman–Crippen MR) is 90.8 cm³/mol. The van der Waals surface area contributed by atoms with Gasteiger partial charge >= 0.3 is 0 Å². The lowest BCUT2D eigenvalue weighted by Gasteiger charge is -2.22. The number of nitrogens with zero attached hydrogens (tertiary/aromatic N) is 1. The third-order valence-electron chi connectivity index (χ3n) is 3.91. The summed E-state index contributed by atoms with van der Waals surface area (Å²) in [6.45, 7) is 8.13. The van der Waals surface area contributed by atoms with E-state index in [-0.39, 0.29) is 17.9 Å². The van der Waals surface area contributed by atoms with Crippen molar-refractivity contribution in [3.8, 4) is 5.88 Å². The summed E-state index contributed by atoms with van der Waals surface area (Å²) in [4.78, 5) is 16.6. The van der Waals surface area contributed by atoms with Crippen LogP contribution < -0.4 is 10.1 Å². The average molecular weight is 336 g/mol. The van der Waals surface area contributed by atoms with Crippen molar-refractivity contribution in [1.29, 1.82) is 0 Å². The smallest absolute Gasteiger partial charge is 0.249 e. The monoisotopic (exact) mass is 336 g/mol. The maximum atomic E-state index is 12.4. The highest BCUT2D eigenvalue weighted by atomic mass is 16.5. The van der Waals surface area contributed by atoms with Crippen LogP contribution in [-0.2, 0) is 20.8 Å². The Morgan fingerprint density at radius 1 is 1.50 bits per heavy atom. The van der Waals surface area contributed by atoms with Crippen LogP contribution in [0.25, 0.3) is 0 Å². The summed E-state index contributed by atoms with van der Waals surface area (Å²) in [5.41, 5.74) is 0.948. The molecule has 1 aliphatic rings. The van der Waals surface area contributed by atoms with Crippen molar-refractivity contribution in [1.82, 2.24) is 10.3 Å². The van der Waals surface area contributed by atoms with Crippen LogP contribution in [0.4, 0.5) is 0 Å². The first-order valence-electron chi connectivity index (χ1n) is 8.68. The highest BCUT2D eigenvalue weighted by Crippen LogP contribution is 2.15. The maximum Gasteiger partial charge on any atom is 0.249 e. The Morgan fingerprint density at radius 2 is 2.33 bits per heavy atom. The zero-order chi connectivity index (χ0) is 17.4. The zero-order valence-corrected chi connectivity index (χ0v) is 14.8. The minimum absolute atomic E-state index is 0.0993. The van der Waals surface area contributed by atoms with E-state index in [9.17, 15) is 4.79 Å². The Kier molecular flexibility index (Phi) is 7.46. The molecule has 1 N–H and O–H groups in total. The van der Waals surface area contributed by atoms with Crippen molar-refractivity contribution >= 4 is 5.91 Å². The van der Waals surface area contributed by atoms with E-state index in [4.69, 9.17) is 14.2 Å². The molecule has 0 saturated carbocycles. The summed E-state index contributed by atoms with van der Waals surface area (Å²) < 4.78 is 16.7. The Balaban J connectivity index is 1.84. The van der Waals surface area contributed by atoms with Crippen molar-refractivity contribution in [3.05, 3.63) is 23.9 Å². The van der Waals surface area contributed by atoms with Crippen molar-refractivity contribution in [2.24, 2.45) is 5.92 Å². The summed E-state index contributed by atoms with van der Waals surface area (Å²) in [5, 5.41) is 2.94. The third kappa shape index (κ3) is 5.76. The van der Waals surface area contributed by atoms with Gasteiger partial charge in [0.25, 0.3) is 0 Å². The summed E-state index contributed by atoms with van der Waals surface area (Å²) in [7, 11) is 0. The lowest BCUT2D eigenvalue weighted by Crippen LogP contribution is -2.40. The summed E-state index contributed by atoms with van der Waals surface area (Å²) in [5.74, 6) is 0.569. The average Bonchev–Trinajstić information content (AvgIpc) is 3.07. The second kappa shape index (κ2) is 9.59. The van der Waals surface area contributed by atoms with Gasteiger partial charge in [0.15, 0.2) is 0 Å². The van der Waals surface area contributed by atoms with Gasteiger partial charge in [-0.2, -0.15) is 0 Å². The molecule has 2 heterocycles. The van der Waals surface area contributed by atoms with Gasteiger partial charge in [-0.3, -0.25) is 4.79 Å². The van der Waals surface area contributed by atoms with Gasteiger partial charge in [-0.15, -0.1) is 0 Å². The van der Waals surface area contributed by atoms with Crippen molar-refractivity contribution in [3.63, 3.8) is 0 Å². The molecule has 0 radical (unpaired) electrons. The summed E-state index contributed by atoms with van der Waals surface area (Å²) in [6, 6.07) is 3.70. The Bertz CT molecular complexity index is 515. The van der Waals surface area contributed by atoms with Crippen molar-refractivity contribution in [2.75, 3.05) is 19.8 Å². The number of nitrogens with one attached hydrogen (secondary N) is 1. The van der Waals surface area contributed by atoms with E-state index in [0.717, 1.165) is 25.0 Å². The fourth-order valence-corrected chi connectivity index (χ4v) is 2.63. The molecule has 0 aromatic carbocycles. The SMILES string of the molecule is CCOc1cc(CNC(=O)C(OCC2CCCO2)C(C)C)ccn1. The first-order valence-corrected chi connectivity index (χ1v) is 8.68. The minimum Gasteiger partial charge on any atom is -0.478 e. The maximum absolute atomic E-state index is 12.4. The largest absolute Gasteiger partial charge is 0.478 e. The van der Waals surface area contributed by atoms with E-state index in [0.29, 0.717) is 25.6 Å². The molecule has 24 heavy (non-hydrogen) atoms. The quantitative estimate of drug-likeness (QED) is 0.749. The van der Waals surface area contributed by atoms with E-state index in [2.05, 4.69) is 10.3 Å². The topological polar surface area (TPSA) is 69.7 Å². The van der Waals surface area contributed by atoms with Gasteiger partial charge in [-0.05, 0) is 37.3 Å². The van der Waals surface area contributed by atoms with Crippen LogP contribution in [-0.4, -0.2) is 42.9 Å². The first kappa shape index (κ1) is 18.7. The zero-order valence-electron chi connectivity index (χ0n) is 14.8. The normalized spacial score (nSPS) is 18.6. The molecule has 2 atom stereocenters. The lowest BCUT2D eigenvalue weighted by molar-refractivity contribution is -0.138. The van der Waals surface area contributed by atoms with Gasteiger partial charge in [-0.25, -0.2) is 4.98 Å². The molecule has 134 valence electrons. The van der Waals surface area contributed by atoms with Gasteiger partial charge < -0.3 is 19.5 Å². The second-order valence-corrected chi connectivity index (χ2v) is 6.29. The molecular formula is C18H28N2O4. The number of pyridine rings is 1. The molecule has 0 spiro atoms. The lowest BCUT2D eigenvalue weighted by atomic mass is 10.1. The number of hydrogen-bond acceptors (Lipinski definition) is 5. The van der Waals surface area contributed by atoms with Crippen molar-refractivity contribution in [2.45, 2.75) is 52.4 Å². The molecule has 1 fully saturated rings. The van der Waals surface area contributed by atoms with Gasteiger partial charge in [0.2, 0.25) is 11.8 Å². The molecule has 1 saturated heterocycles. The van der Waals surface area contributed by atoms with E-state index in [1.807, 2.05) is 32.9 Å². The van der Waals surface area contributed by atoms with Crippen LogP contribution >= 0.6 is 0 Å². The van der Waals surface area contributed by atoms with Crippen LogP contribution in [0.15, 0.2) is 18.3 Å². The van der Waals surface area contributed by atoms with Crippen LogP contribution in [0.5, 0.6) is 5.88 Å². The predicted octanol–water partition coefficient (Wildman–Crippen LogP) is 2.32. The number of amides is 1. The Morgan fingerprint density at radius 3 is 3.00 bits per heavy atom. The van der Waals surface area contributed by atoms with E-state index < -0.39 is 6.10 Å². The van der Waals surface area contributed by atoms with Gasteiger partial charge in [0, 0.05) is 25.4 Å². The van der Waals surface area contributed by atoms with Crippen LogP contribution in [0.2, 0.25) is 0 Å². The highest BCUT2D eigenvalue weighted by Gasteiger charge is 2.25. The molecule has 1 aromatic rings. The molecule has 2 unspecified atom stereocenters. The minimum atomic E-state index is -0.470. The van der Waals surface area contributed by atoms with Crippen molar-refractivity contribution < 1.29 is 19.0 Å². The fraction of sp³-hybridized carbons (Fsp3) is 0.667. The number of ether oxygens (including phenoxy) is 3. The molecular weight excluding hydrogens is 308 g/mol. The summed E-state index contributed by atoms with van der Waals surface area (Å²) in [6.07, 6.45) is 3.40. The standard InChI is InChI=1S/C18H28N2O4/c1-4-22-16-10-14(7-8-19-16)11-20-18(21)17(13(2)3)24-12-15-6-5-9-23-15/h7-8,10,13,15,17H,4-6,9,11-12H2,1-3H3,(H,20,21). The third-order valence-corrected chi connectivity index (χ3v) is 3.91. The number of carbonyl (C=O) groups is 1. The van der Waals surface area contributed by atoms with Gasteiger partial charge in [0.1, 0.15) is 6.10 Å². The van der Waals surface area contributed by atoms with Gasteiger partial charge in [0.05, 0.1) is 19.3 Å². The van der Waals surface area contributed by atoms with Gasteiger partial charge in [-0.1, -0.05) is 13.8 Å². The number of carbonyl (C=O) groups excluding carboxylic acids is 1. The highest BCUT2D eigenvalue weighted by molar-refractivity contribution is 5.81. The molecule has 1 aliphatic heterocycles. The fourth-order valence-electron chi connectivity index (χ4n) is 2.63. The number of rotatable bonds is 9.